The second-order valence-corrected chi connectivity index (χ2v) is 10.6. The van der Waals surface area contributed by atoms with E-state index in [-0.39, 0.29) is 23.1 Å². The number of hydrogen-bond acceptors (Lipinski definition) is 6. The van der Waals surface area contributed by atoms with Crippen LogP contribution in [0.25, 0.3) is 10.2 Å². The minimum atomic E-state index is -3.52. The standard InChI is InChI=1S/C22H24N4O4S2/c1-15(27)23-19(16-7-3-2-4-8-16)14-21(28)25-22-24-18-10-9-17(13-20(18)31-22)32(29,30)26-11-5-6-12-26/h2-4,7-10,13,19H,5-6,11-12,14H2,1H3,(H,23,27)(H,24,25,28). The van der Waals surface area contributed by atoms with Crippen LogP contribution >= 0.6 is 11.3 Å². The molecule has 0 aliphatic carbocycles. The normalized spacial score (nSPS) is 15.5. The van der Waals surface area contributed by atoms with E-state index in [4.69, 9.17) is 0 Å². The second kappa shape index (κ2) is 9.35. The predicted molar refractivity (Wildman–Crippen MR) is 124 cm³/mol. The molecule has 1 aliphatic heterocycles. The average Bonchev–Trinajstić information content (AvgIpc) is 3.43. The summed E-state index contributed by atoms with van der Waals surface area (Å²) in [4.78, 5) is 28.9. The molecule has 0 saturated carbocycles. The van der Waals surface area contributed by atoms with Crippen molar-refractivity contribution >= 4 is 48.5 Å². The fourth-order valence-corrected chi connectivity index (χ4v) is 6.27. The molecule has 8 nitrogen and oxygen atoms in total. The molecule has 32 heavy (non-hydrogen) atoms. The number of nitrogens with one attached hydrogen (secondary N) is 2. The molecule has 4 rings (SSSR count). The maximum absolute atomic E-state index is 12.8. The molecule has 1 unspecified atom stereocenters. The quantitative estimate of drug-likeness (QED) is 0.549. The highest BCUT2D eigenvalue weighted by atomic mass is 32.2. The summed E-state index contributed by atoms with van der Waals surface area (Å²) in [7, 11) is -3.52. The number of thiazole rings is 1. The first kappa shape index (κ1) is 22.4. The van der Waals surface area contributed by atoms with Crippen LogP contribution in [-0.4, -0.2) is 42.6 Å². The number of fused-ring (bicyclic) bond motifs is 1. The Balaban J connectivity index is 1.50. The van der Waals surface area contributed by atoms with E-state index in [0.717, 1.165) is 18.4 Å². The molecule has 3 aromatic rings. The summed E-state index contributed by atoms with van der Waals surface area (Å²) in [5.41, 5.74) is 1.45. The smallest absolute Gasteiger partial charge is 0.243 e. The van der Waals surface area contributed by atoms with E-state index in [9.17, 15) is 18.0 Å². The van der Waals surface area contributed by atoms with Crippen molar-refractivity contribution in [3.8, 4) is 0 Å². The highest BCUT2D eigenvalue weighted by molar-refractivity contribution is 7.89. The molecule has 1 atom stereocenters. The molecule has 168 valence electrons. The fourth-order valence-electron chi connectivity index (χ4n) is 3.74. The lowest BCUT2D eigenvalue weighted by molar-refractivity contribution is -0.120. The first-order valence-electron chi connectivity index (χ1n) is 10.4. The molecule has 2 N–H and O–H groups in total. The number of carbonyl (C=O) groups excluding carboxylic acids is 2. The Morgan fingerprint density at radius 1 is 1.12 bits per heavy atom. The van der Waals surface area contributed by atoms with Gasteiger partial charge in [0.15, 0.2) is 5.13 Å². The molecule has 0 spiro atoms. The molecule has 10 heteroatoms. The van der Waals surface area contributed by atoms with Gasteiger partial charge in [-0.1, -0.05) is 41.7 Å². The zero-order chi connectivity index (χ0) is 22.7. The third kappa shape index (κ3) is 4.98. The van der Waals surface area contributed by atoms with Gasteiger partial charge < -0.3 is 10.6 Å². The van der Waals surface area contributed by atoms with E-state index in [2.05, 4.69) is 15.6 Å². The van der Waals surface area contributed by atoms with E-state index < -0.39 is 16.1 Å². The lowest BCUT2D eigenvalue weighted by atomic mass is 10.0. The first-order chi connectivity index (χ1) is 15.3. The molecule has 1 aliphatic rings. The molecule has 2 heterocycles. The lowest BCUT2D eigenvalue weighted by Crippen LogP contribution is -2.29. The lowest BCUT2D eigenvalue weighted by Gasteiger charge is -2.17. The molecule has 1 fully saturated rings. The number of aromatic nitrogens is 1. The van der Waals surface area contributed by atoms with Gasteiger partial charge in [-0.3, -0.25) is 9.59 Å². The highest BCUT2D eigenvalue weighted by Gasteiger charge is 2.27. The van der Waals surface area contributed by atoms with E-state index in [0.29, 0.717) is 28.4 Å². The van der Waals surface area contributed by atoms with Crippen LogP contribution in [0, 0.1) is 0 Å². The van der Waals surface area contributed by atoms with Gasteiger partial charge in [-0.15, -0.1) is 0 Å². The zero-order valence-corrected chi connectivity index (χ0v) is 19.2. The van der Waals surface area contributed by atoms with Gasteiger partial charge in [0.05, 0.1) is 27.6 Å². The summed E-state index contributed by atoms with van der Waals surface area (Å²) in [6.07, 6.45) is 1.80. The van der Waals surface area contributed by atoms with Gasteiger partial charge in [0, 0.05) is 20.0 Å². The number of amides is 2. The van der Waals surface area contributed by atoms with Gasteiger partial charge in [-0.05, 0) is 36.6 Å². The third-order valence-electron chi connectivity index (χ3n) is 5.28. The van der Waals surface area contributed by atoms with Crippen molar-refractivity contribution in [2.45, 2.75) is 37.1 Å². The van der Waals surface area contributed by atoms with Gasteiger partial charge in [0.2, 0.25) is 21.8 Å². The molecular weight excluding hydrogens is 448 g/mol. The van der Waals surface area contributed by atoms with Crippen molar-refractivity contribution in [2.75, 3.05) is 18.4 Å². The topological polar surface area (TPSA) is 108 Å². The summed E-state index contributed by atoms with van der Waals surface area (Å²) < 4.78 is 27.8. The van der Waals surface area contributed by atoms with Crippen LogP contribution in [0.5, 0.6) is 0 Å². The number of benzene rings is 2. The predicted octanol–water partition coefficient (Wildman–Crippen LogP) is 3.29. The maximum Gasteiger partial charge on any atom is 0.243 e. The molecule has 1 aromatic heterocycles. The Bertz CT molecular complexity index is 1240. The second-order valence-electron chi connectivity index (χ2n) is 7.68. The van der Waals surface area contributed by atoms with Crippen LogP contribution in [0.1, 0.15) is 37.8 Å². The molecular formula is C22H24N4O4S2. The Labute approximate surface area is 190 Å². The van der Waals surface area contributed by atoms with Crippen molar-refractivity contribution in [1.29, 1.82) is 0 Å². The summed E-state index contributed by atoms with van der Waals surface area (Å²) >= 11 is 1.22. The Morgan fingerprint density at radius 2 is 1.84 bits per heavy atom. The first-order valence-corrected chi connectivity index (χ1v) is 12.6. The van der Waals surface area contributed by atoms with E-state index in [1.165, 1.54) is 22.6 Å². The zero-order valence-electron chi connectivity index (χ0n) is 17.6. The largest absolute Gasteiger partial charge is 0.349 e. The molecule has 2 aromatic carbocycles. The van der Waals surface area contributed by atoms with Crippen LogP contribution in [-0.2, 0) is 19.6 Å². The number of nitrogens with zero attached hydrogens (tertiary/aromatic N) is 2. The number of rotatable bonds is 7. The van der Waals surface area contributed by atoms with Crippen LogP contribution in [0.2, 0.25) is 0 Å². The van der Waals surface area contributed by atoms with Gasteiger partial charge >= 0.3 is 0 Å². The molecule has 1 saturated heterocycles. The number of hydrogen-bond donors (Lipinski definition) is 2. The summed E-state index contributed by atoms with van der Waals surface area (Å²) in [6.45, 7) is 2.50. The van der Waals surface area contributed by atoms with Gasteiger partial charge in [-0.2, -0.15) is 4.31 Å². The van der Waals surface area contributed by atoms with Crippen LogP contribution in [0.4, 0.5) is 5.13 Å². The summed E-state index contributed by atoms with van der Waals surface area (Å²) in [5, 5.41) is 5.96. The van der Waals surface area contributed by atoms with Crippen LogP contribution < -0.4 is 10.6 Å². The highest BCUT2D eigenvalue weighted by Crippen LogP contribution is 2.30. The summed E-state index contributed by atoms with van der Waals surface area (Å²) in [6, 6.07) is 13.7. The third-order valence-corrected chi connectivity index (χ3v) is 8.11. The minimum Gasteiger partial charge on any atom is -0.349 e. The number of sulfonamides is 1. The Morgan fingerprint density at radius 3 is 2.53 bits per heavy atom. The van der Waals surface area contributed by atoms with E-state index >= 15 is 0 Å². The van der Waals surface area contributed by atoms with Gasteiger partial charge in [-0.25, -0.2) is 13.4 Å². The van der Waals surface area contributed by atoms with Crippen LogP contribution in [0.3, 0.4) is 0 Å². The van der Waals surface area contributed by atoms with Crippen LogP contribution in [0.15, 0.2) is 53.4 Å². The Hall–Kier alpha value is -2.82. The number of carbonyl (C=O) groups is 2. The van der Waals surface area contributed by atoms with Crippen molar-refractivity contribution in [2.24, 2.45) is 0 Å². The average molecular weight is 473 g/mol. The molecule has 2 amide bonds. The minimum absolute atomic E-state index is 0.0497. The van der Waals surface area contributed by atoms with E-state index in [1.807, 2.05) is 30.3 Å². The summed E-state index contributed by atoms with van der Waals surface area (Å²) in [5.74, 6) is -0.519. The monoisotopic (exact) mass is 472 g/mol. The van der Waals surface area contributed by atoms with E-state index in [1.54, 1.807) is 18.2 Å². The fraction of sp³-hybridized carbons (Fsp3) is 0.318. The van der Waals surface area contributed by atoms with Crippen molar-refractivity contribution in [3.05, 3.63) is 54.1 Å². The van der Waals surface area contributed by atoms with Crippen molar-refractivity contribution in [1.82, 2.24) is 14.6 Å². The van der Waals surface area contributed by atoms with Gasteiger partial charge in [0.1, 0.15) is 0 Å². The molecule has 0 radical (unpaired) electrons. The SMILES string of the molecule is CC(=O)NC(CC(=O)Nc1nc2ccc(S(=O)(=O)N3CCCC3)cc2s1)c1ccccc1. The molecule has 0 bridgehead atoms. The Kier molecular flexibility index (Phi) is 6.54. The maximum atomic E-state index is 12.8. The van der Waals surface area contributed by atoms with Crippen molar-refractivity contribution in [3.63, 3.8) is 0 Å². The number of anilines is 1. The van der Waals surface area contributed by atoms with Crippen molar-refractivity contribution < 1.29 is 18.0 Å². The van der Waals surface area contributed by atoms with Gasteiger partial charge in [0.25, 0.3) is 0 Å².